The van der Waals surface area contributed by atoms with Crippen molar-refractivity contribution in [2.24, 2.45) is 5.73 Å². The molecule has 39 heavy (non-hydrogen) atoms. The van der Waals surface area contributed by atoms with Gasteiger partial charge < -0.3 is 25.1 Å². The minimum atomic E-state index is -5.38. The molecule has 3 aromatic rings. The Bertz CT molecular complexity index is 1560. The molecule has 2 aromatic heterocycles. The predicted molar refractivity (Wildman–Crippen MR) is 136 cm³/mol. The van der Waals surface area contributed by atoms with Crippen molar-refractivity contribution in [3.8, 4) is 16.2 Å². The number of ether oxygens (including phenoxy) is 2. The van der Waals surface area contributed by atoms with Crippen LogP contribution in [0.4, 0.5) is 13.2 Å². The number of nitrogens with one attached hydrogen (secondary N) is 1. The fourth-order valence-corrected chi connectivity index (χ4v) is 6.18. The van der Waals surface area contributed by atoms with Crippen LogP contribution < -0.4 is 21.2 Å². The van der Waals surface area contributed by atoms with E-state index in [1.807, 2.05) is 6.07 Å². The van der Waals surface area contributed by atoms with E-state index >= 15 is 0 Å². The maximum atomic E-state index is 13.2. The third kappa shape index (κ3) is 5.03. The van der Waals surface area contributed by atoms with Gasteiger partial charge in [0.25, 0.3) is 0 Å². The van der Waals surface area contributed by atoms with Crippen molar-refractivity contribution < 1.29 is 37.0 Å². The van der Waals surface area contributed by atoms with Crippen LogP contribution in [0.2, 0.25) is 0 Å². The molecule has 206 valence electrons. The number of methoxy groups -OCH3 is 1. The standard InChI is InChI=1S/C26H24F3N3O6S/c1-37-23-13(19-9-15-17(31-20(33)10-30)3-2-4-18(15)39-19)7-8-14-21(23)32(12-5-6-12)11-16(22(14)34)24(35)38-25(36)26(27,28)29/h7-9,11-12,17H,2-6,10,30H2,1H3,(H,31,33). The summed E-state index contributed by atoms with van der Waals surface area (Å²) in [6.07, 6.45) is -0.284. The largest absolute Gasteiger partial charge is 0.494 e. The zero-order chi connectivity index (χ0) is 28.1. The number of carbonyl (C=O) groups is 3. The highest BCUT2D eigenvalue weighted by molar-refractivity contribution is 7.15. The maximum Gasteiger partial charge on any atom is 0.491 e. The summed E-state index contributed by atoms with van der Waals surface area (Å²) in [5.41, 5.74) is 6.00. The number of esters is 2. The Hall–Kier alpha value is -3.71. The highest BCUT2D eigenvalue weighted by Crippen LogP contribution is 2.46. The normalized spacial score (nSPS) is 17.0. The number of amides is 1. The zero-order valence-electron chi connectivity index (χ0n) is 20.7. The molecule has 1 aromatic carbocycles. The number of hydrogen-bond donors (Lipinski definition) is 2. The second kappa shape index (κ2) is 10.1. The van der Waals surface area contributed by atoms with E-state index in [-0.39, 0.29) is 29.9 Å². The smallest absolute Gasteiger partial charge is 0.491 e. The van der Waals surface area contributed by atoms with Gasteiger partial charge in [-0.05, 0) is 55.9 Å². The van der Waals surface area contributed by atoms with E-state index in [9.17, 15) is 32.3 Å². The predicted octanol–water partition coefficient (Wildman–Crippen LogP) is 3.77. The van der Waals surface area contributed by atoms with E-state index < -0.39 is 29.1 Å². The molecule has 0 spiro atoms. The van der Waals surface area contributed by atoms with E-state index in [1.165, 1.54) is 13.2 Å². The summed E-state index contributed by atoms with van der Waals surface area (Å²) in [6, 6.07) is 4.84. The van der Waals surface area contributed by atoms with Gasteiger partial charge in [0.1, 0.15) is 5.56 Å². The molecule has 5 rings (SSSR count). The van der Waals surface area contributed by atoms with Gasteiger partial charge in [0.05, 0.1) is 30.6 Å². The minimum absolute atomic E-state index is 0.0470. The van der Waals surface area contributed by atoms with Crippen LogP contribution in [0.25, 0.3) is 21.3 Å². The Kier molecular flexibility index (Phi) is 6.97. The number of nitrogens with two attached hydrogens (primary N) is 1. The lowest BCUT2D eigenvalue weighted by Gasteiger charge is -2.23. The summed E-state index contributed by atoms with van der Waals surface area (Å²) in [6.45, 7) is -0.111. The zero-order valence-corrected chi connectivity index (χ0v) is 21.5. The van der Waals surface area contributed by atoms with Crippen molar-refractivity contribution in [3.63, 3.8) is 0 Å². The Labute approximate surface area is 223 Å². The van der Waals surface area contributed by atoms with Crippen LogP contribution >= 0.6 is 11.3 Å². The van der Waals surface area contributed by atoms with E-state index in [0.29, 0.717) is 16.8 Å². The summed E-state index contributed by atoms with van der Waals surface area (Å²) < 4.78 is 49.3. The van der Waals surface area contributed by atoms with Gasteiger partial charge in [-0.2, -0.15) is 13.2 Å². The third-order valence-corrected chi connectivity index (χ3v) is 8.07. The van der Waals surface area contributed by atoms with Crippen LogP contribution in [-0.2, 0) is 20.7 Å². The van der Waals surface area contributed by atoms with Crippen molar-refractivity contribution in [2.75, 3.05) is 13.7 Å². The highest BCUT2D eigenvalue weighted by Gasteiger charge is 2.43. The monoisotopic (exact) mass is 563 g/mol. The molecule has 2 aliphatic carbocycles. The third-order valence-electron chi connectivity index (χ3n) is 6.83. The van der Waals surface area contributed by atoms with Gasteiger partial charge in [-0.25, -0.2) is 9.59 Å². The number of aromatic nitrogens is 1. The Balaban J connectivity index is 1.62. The molecule has 0 bridgehead atoms. The molecular formula is C26H24F3N3O6S. The number of benzene rings is 1. The van der Waals surface area contributed by atoms with Crippen LogP contribution in [0, 0.1) is 0 Å². The lowest BCUT2D eigenvalue weighted by Crippen LogP contribution is -2.34. The number of aryl methyl sites for hydroxylation is 1. The molecule has 2 heterocycles. The fraction of sp³-hybridized carbons (Fsp3) is 0.385. The molecule has 3 N–H and O–H groups in total. The van der Waals surface area contributed by atoms with Crippen LogP contribution in [0.1, 0.15) is 58.6 Å². The van der Waals surface area contributed by atoms with Crippen LogP contribution in [0.3, 0.4) is 0 Å². The van der Waals surface area contributed by atoms with Gasteiger partial charge >= 0.3 is 18.1 Å². The fourth-order valence-electron chi connectivity index (χ4n) is 4.89. The van der Waals surface area contributed by atoms with E-state index in [0.717, 1.165) is 53.6 Å². The summed E-state index contributed by atoms with van der Waals surface area (Å²) in [4.78, 5) is 50.8. The van der Waals surface area contributed by atoms with E-state index in [2.05, 4.69) is 10.1 Å². The molecule has 0 aliphatic heterocycles. The van der Waals surface area contributed by atoms with Gasteiger partial charge in [-0.3, -0.25) is 9.59 Å². The number of alkyl halides is 3. The summed E-state index contributed by atoms with van der Waals surface area (Å²) in [7, 11) is 1.45. The summed E-state index contributed by atoms with van der Waals surface area (Å²) in [5, 5.41) is 3.00. The first kappa shape index (κ1) is 26.9. The number of nitrogens with zero attached hydrogens (tertiary/aromatic N) is 1. The average molecular weight is 564 g/mol. The second-order valence-corrected chi connectivity index (χ2v) is 10.6. The maximum absolute atomic E-state index is 13.2. The first-order chi connectivity index (χ1) is 18.5. The SMILES string of the molecule is COc1c(-c2cc3c(s2)CCCC3NC(=O)CN)ccc2c(=O)c(C(=O)OC(=O)C(F)(F)F)cn(C3CC3)c12. The van der Waals surface area contributed by atoms with Gasteiger partial charge in [0, 0.05) is 27.6 Å². The van der Waals surface area contributed by atoms with Gasteiger partial charge in [-0.1, -0.05) is 0 Å². The van der Waals surface area contributed by atoms with Crippen molar-refractivity contribution in [2.45, 2.75) is 50.4 Å². The summed E-state index contributed by atoms with van der Waals surface area (Å²) in [5.74, 6) is -4.24. The van der Waals surface area contributed by atoms with E-state index in [4.69, 9.17) is 10.5 Å². The molecule has 0 saturated heterocycles. The number of thiophene rings is 1. The number of fused-ring (bicyclic) bond motifs is 2. The lowest BCUT2D eigenvalue weighted by molar-refractivity contribution is -0.193. The number of halogens is 3. The Morgan fingerprint density at radius 3 is 2.59 bits per heavy atom. The van der Waals surface area contributed by atoms with Crippen LogP contribution in [0.15, 0.2) is 29.2 Å². The van der Waals surface area contributed by atoms with Crippen molar-refractivity contribution in [3.05, 3.63) is 50.6 Å². The highest BCUT2D eigenvalue weighted by atomic mass is 32.1. The number of carbonyl (C=O) groups excluding carboxylic acids is 3. The Morgan fingerprint density at radius 2 is 1.95 bits per heavy atom. The Morgan fingerprint density at radius 1 is 1.21 bits per heavy atom. The van der Waals surface area contributed by atoms with Gasteiger partial charge in [0.15, 0.2) is 5.75 Å². The molecular weight excluding hydrogens is 539 g/mol. The molecule has 1 atom stereocenters. The molecule has 9 nitrogen and oxygen atoms in total. The first-order valence-electron chi connectivity index (χ1n) is 12.2. The molecule has 0 radical (unpaired) electrons. The molecule has 1 unspecified atom stereocenters. The number of rotatable bonds is 6. The molecule has 1 amide bonds. The topological polar surface area (TPSA) is 130 Å². The molecule has 1 fully saturated rings. The van der Waals surface area contributed by atoms with Crippen LogP contribution in [0.5, 0.6) is 5.75 Å². The second-order valence-electron chi connectivity index (χ2n) is 9.43. The molecule has 1 saturated carbocycles. The average Bonchev–Trinajstić information content (AvgIpc) is 3.65. The minimum Gasteiger partial charge on any atom is -0.494 e. The number of pyridine rings is 1. The molecule has 13 heteroatoms. The summed E-state index contributed by atoms with van der Waals surface area (Å²) >= 11 is 1.55. The van der Waals surface area contributed by atoms with E-state index in [1.54, 1.807) is 22.0 Å². The molecule has 2 aliphatic rings. The van der Waals surface area contributed by atoms with Crippen molar-refractivity contribution in [1.29, 1.82) is 0 Å². The quantitative estimate of drug-likeness (QED) is 0.345. The van der Waals surface area contributed by atoms with Crippen molar-refractivity contribution >= 4 is 40.1 Å². The first-order valence-corrected chi connectivity index (χ1v) is 13.1. The van der Waals surface area contributed by atoms with Crippen LogP contribution in [-0.4, -0.2) is 42.2 Å². The van der Waals surface area contributed by atoms with Gasteiger partial charge in [0.2, 0.25) is 11.3 Å². The lowest BCUT2D eigenvalue weighted by atomic mass is 9.93. The van der Waals surface area contributed by atoms with Crippen molar-refractivity contribution in [1.82, 2.24) is 9.88 Å². The number of hydrogen-bond acceptors (Lipinski definition) is 8. The van der Waals surface area contributed by atoms with Gasteiger partial charge in [-0.15, -0.1) is 11.3 Å².